The number of aromatic carboxylic acids is 1. The number of nitrogens with zero attached hydrogens (tertiary/aromatic N) is 3. The molecule has 7 aromatic rings. The van der Waals surface area contributed by atoms with Gasteiger partial charge >= 0.3 is 5.97 Å². The van der Waals surface area contributed by atoms with Crippen LogP contribution in [-0.2, 0) is 12.8 Å². The summed E-state index contributed by atoms with van der Waals surface area (Å²) in [7, 11) is 0. The number of aromatic hydroxyl groups is 3. The molecule has 0 spiro atoms. The Bertz CT molecular complexity index is 3330. The molecule has 5 aromatic carbocycles. The van der Waals surface area contributed by atoms with Gasteiger partial charge in [0.25, 0.3) is 5.91 Å². The number of hydrogen-bond donors (Lipinski definition) is 5. The van der Waals surface area contributed by atoms with Crippen molar-refractivity contribution >= 4 is 28.5 Å². The number of rotatable bonds is 16. The van der Waals surface area contributed by atoms with Crippen LogP contribution in [0.4, 0.5) is 4.39 Å². The summed E-state index contributed by atoms with van der Waals surface area (Å²) in [6.45, 7) is 0.640. The summed E-state index contributed by atoms with van der Waals surface area (Å²) in [5.74, 6) is -1.86. The molecule has 0 fully saturated rings. The lowest BCUT2D eigenvalue weighted by atomic mass is 9.89. The van der Waals surface area contributed by atoms with Gasteiger partial charge in [-0.25, -0.2) is 19.2 Å². The SMILES string of the molecule is O=C(NCCCCCCOc1ccc(Cc2nc3c(Cc4ccccc4)nc(-c4ccc(O)cc4)cn3c2O)cc1F)c1ccc(C(=O)O)c(-c2c3ccc(=O)cc-3oc3cc(O)ccc23)c1. The number of fused-ring (bicyclic) bond motifs is 3. The van der Waals surface area contributed by atoms with Crippen molar-refractivity contribution in [2.75, 3.05) is 13.2 Å². The minimum atomic E-state index is -1.21. The largest absolute Gasteiger partial charge is 0.508 e. The van der Waals surface area contributed by atoms with Gasteiger partial charge in [-0.15, -0.1) is 0 Å². The first kappa shape index (κ1) is 43.7. The number of benzene rings is 6. The number of phenols is 2. The third-order valence-electron chi connectivity index (χ3n) is 11.5. The van der Waals surface area contributed by atoms with Crippen LogP contribution in [0.15, 0.2) is 143 Å². The molecule has 336 valence electrons. The number of aromatic nitrogens is 3. The van der Waals surface area contributed by atoms with E-state index in [1.54, 1.807) is 59.1 Å². The highest BCUT2D eigenvalue weighted by Gasteiger charge is 2.24. The Morgan fingerprint density at radius 3 is 2.30 bits per heavy atom. The highest BCUT2D eigenvalue weighted by atomic mass is 19.1. The van der Waals surface area contributed by atoms with Crippen LogP contribution in [0.5, 0.6) is 23.1 Å². The van der Waals surface area contributed by atoms with Gasteiger partial charge in [-0.1, -0.05) is 49.2 Å². The number of ether oxygens (including phenoxy) is 1. The molecular weight excluding hydrogens is 856 g/mol. The molecule has 2 aliphatic rings. The van der Waals surface area contributed by atoms with Crippen molar-refractivity contribution in [1.29, 1.82) is 0 Å². The molecule has 14 heteroatoms. The van der Waals surface area contributed by atoms with Crippen LogP contribution in [0.3, 0.4) is 0 Å². The quantitative estimate of drug-likeness (QED) is 0.0457. The number of hydrogen-bond acceptors (Lipinski definition) is 10. The predicted octanol–water partition coefficient (Wildman–Crippen LogP) is 9.78. The van der Waals surface area contributed by atoms with Gasteiger partial charge in [-0.3, -0.25) is 14.0 Å². The minimum Gasteiger partial charge on any atom is -0.508 e. The summed E-state index contributed by atoms with van der Waals surface area (Å²) in [4.78, 5) is 47.6. The maximum absolute atomic E-state index is 15.3. The molecule has 5 N–H and O–H groups in total. The van der Waals surface area contributed by atoms with Gasteiger partial charge in [-0.2, -0.15) is 0 Å². The molecule has 0 saturated heterocycles. The molecule has 2 aromatic heterocycles. The minimum absolute atomic E-state index is 0.0556. The molecule has 0 unspecified atom stereocenters. The average molecular weight is 899 g/mol. The van der Waals surface area contributed by atoms with E-state index in [-0.39, 0.29) is 69.6 Å². The first-order chi connectivity index (χ1) is 32.5. The second-order valence-electron chi connectivity index (χ2n) is 16.2. The van der Waals surface area contributed by atoms with E-state index in [1.165, 1.54) is 48.5 Å². The summed E-state index contributed by atoms with van der Waals surface area (Å²) in [6.07, 6.45) is 5.14. The van der Waals surface area contributed by atoms with Gasteiger partial charge in [-0.05, 0) is 108 Å². The molecule has 0 atom stereocenters. The Kier molecular flexibility index (Phi) is 12.3. The summed E-state index contributed by atoms with van der Waals surface area (Å²) in [5, 5.41) is 44.9. The van der Waals surface area contributed by atoms with E-state index in [4.69, 9.17) is 19.1 Å². The molecule has 3 heterocycles. The van der Waals surface area contributed by atoms with Crippen molar-refractivity contribution in [2.24, 2.45) is 0 Å². The molecule has 0 bridgehead atoms. The zero-order chi connectivity index (χ0) is 46.6. The Morgan fingerprint density at radius 2 is 1.51 bits per heavy atom. The van der Waals surface area contributed by atoms with Crippen LogP contribution in [0, 0.1) is 5.82 Å². The van der Waals surface area contributed by atoms with E-state index in [9.17, 15) is 34.8 Å². The topological polar surface area (TPSA) is 197 Å². The number of nitrogens with one attached hydrogen (secondary N) is 1. The Labute approximate surface area is 382 Å². The fraction of sp³-hybridized carbons (Fsp3) is 0.151. The number of amides is 1. The van der Waals surface area contributed by atoms with Crippen molar-refractivity contribution in [3.8, 4) is 56.8 Å². The molecule has 0 radical (unpaired) electrons. The molecule has 9 rings (SSSR count). The Balaban J connectivity index is 0.794. The standard InChI is InChI=1S/C53H43FN4O9/c54-42-24-32(26-44-52(63)58-30-45(33-11-14-35(59)15-12-33)56-43(50(58)57-44)25-31-8-4-3-5-9-31)10-21-46(42)66-23-7-2-1-6-22-55-51(62)34-13-18-38(53(64)65)41(27-34)49-39-19-16-36(60)28-47(39)67-48-29-37(61)17-20-40(48)49/h3-5,8-21,24,27-30,59-60,63H,1-2,6-7,22-23,25-26H2,(H,55,62)(H,64,65). The first-order valence-corrected chi connectivity index (χ1v) is 21.7. The van der Waals surface area contributed by atoms with Crippen molar-refractivity contribution < 1.29 is 43.6 Å². The third-order valence-corrected chi connectivity index (χ3v) is 11.5. The molecule has 1 aliphatic carbocycles. The van der Waals surface area contributed by atoms with Crippen LogP contribution in [0.25, 0.3) is 50.3 Å². The zero-order valence-electron chi connectivity index (χ0n) is 35.9. The summed E-state index contributed by atoms with van der Waals surface area (Å²) in [6, 6.07) is 34.1. The van der Waals surface area contributed by atoms with Crippen LogP contribution in [0.1, 0.15) is 68.9 Å². The van der Waals surface area contributed by atoms with Crippen LogP contribution >= 0.6 is 0 Å². The van der Waals surface area contributed by atoms with E-state index in [0.29, 0.717) is 70.6 Å². The predicted molar refractivity (Wildman–Crippen MR) is 250 cm³/mol. The summed E-state index contributed by atoms with van der Waals surface area (Å²) < 4.78 is 28.6. The molecule has 1 aliphatic heterocycles. The van der Waals surface area contributed by atoms with Crippen molar-refractivity contribution in [3.63, 3.8) is 0 Å². The number of carboxylic acids is 1. The molecular formula is C53H43FN4O9. The highest BCUT2D eigenvalue weighted by molar-refractivity contribution is 6.09. The lowest BCUT2D eigenvalue weighted by Gasteiger charge is -2.17. The van der Waals surface area contributed by atoms with Gasteiger partial charge in [0.1, 0.15) is 28.5 Å². The third kappa shape index (κ3) is 9.50. The van der Waals surface area contributed by atoms with Crippen molar-refractivity contribution in [1.82, 2.24) is 19.7 Å². The smallest absolute Gasteiger partial charge is 0.336 e. The van der Waals surface area contributed by atoms with E-state index < -0.39 is 17.7 Å². The maximum atomic E-state index is 15.3. The van der Waals surface area contributed by atoms with Crippen molar-refractivity contribution in [3.05, 3.63) is 183 Å². The number of carbonyl (C=O) groups is 2. The molecule has 1 amide bonds. The average Bonchev–Trinajstić information content (AvgIpc) is 3.63. The van der Waals surface area contributed by atoms with E-state index in [1.807, 2.05) is 30.3 Å². The Hall–Kier alpha value is -8.52. The van der Waals surface area contributed by atoms with Gasteiger partial charge in [0, 0.05) is 65.4 Å². The summed E-state index contributed by atoms with van der Waals surface area (Å²) >= 11 is 0. The maximum Gasteiger partial charge on any atom is 0.336 e. The van der Waals surface area contributed by atoms with E-state index in [0.717, 1.165) is 24.0 Å². The van der Waals surface area contributed by atoms with E-state index in [2.05, 4.69) is 5.32 Å². The second kappa shape index (κ2) is 18.9. The number of halogens is 1. The highest BCUT2D eigenvalue weighted by Crippen LogP contribution is 2.42. The zero-order valence-corrected chi connectivity index (χ0v) is 35.9. The number of carboxylic acid groups (broad SMARTS) is 1. The number of phenolic OH excluding ortho intramolecular Hbond substituents is 2. The fourth-order valence-corrected chi connectivity index (χ4v) is 8.20. The number of unbranched alkanes of at least 4 members (excludes halogenated alkanes) is 3. The summed E-state index contributed by atoms with van der Waals surface area (Å²) in [5.41, 5.74) is 5.71. The van der Waals surface area contributed by atoms with Crippen LogP contribution in [-0.4, -0.2) is 59.8 Å². The molecule has 13 nitrogen and oxygen atoms in total. The van der Waals surface area contributed by atoms with Crippen LogP contribution < -0.4 is 15.5 Å². The van der Waals surface area contributed by atoms with Gasteiger partial charge in [0.15, 0.2) is 22.6 Å². The molecule has 67 heavy (non-hydrogen) atoms. The second-order valence-corrected chi connectivity index (χ2v) is 16.2. The van der Waals surface area contributed by atoms with Gasteiger partial charge < -0.3 is 34.9 Å². The lowest BCUT2D eigenvalue weighted by Crippen LogP contribution is -2.24. The van der Waals surface area contributed by atoms with E-state index >= 15 is 4.39 Å². The lowest BCUT2D eigenvalue weighted by molar-refractivity contribution is 0.0697. The Morgan fingerprint density at radius 1 is 0.731 bits per heavy atom. The van der Waals surface area contributed by atoms with Crippen LogP contribution in [0.2, 0.25) is 0 Å². The van der Waals surface area contributed by atoms with Crippen molar-refractivity contribution in [2.45, 2.75) is 38.5 Å². The monoisotopic (exact) mass is 898 g/mol. The van der Waals surface area contributed by atoms with Gasteiger partial charge in [0.2, 0.25) is 5.88 Å². The number of imidazole rings is 1. The fourth-order valence-electron chi connectivity index (χ4n) is 8.20. The normalized spacial score (nSPS) is 11.4. The number of carbonyl (C=O) groups excluding carboxylic acids is 1. The first-order valence-electron chi connectivity index (χ1n) is 21.7. The van der Waals surface area contributed by atoms with Gasteiger partial charge in [0.05, 0.1) is 23.6 Å². The molecule has 0 saturated carbocycles.